The largest absolute Gasteiger partial charge is 0.466 e. The molecule has 2 spiro atoms. The zero-order valence-electron chi connectivity index (χ0n) is 21.8. The van der Waals surface area contributed by atoms with Crippen LogP contribution in [-0.4, -0.2) is 69.4 Å². The van der Waals surface area contributed by atoms with Crippen molar-refractivity contribution < 1.29 is 42.8 Å². The number of hydrogen-bond acceptors (Lipinski definition) is 9. The number of esters is 2. The molecule has 4 rings (SSSR count). The number of ether oxygens (including phenoxy) is 6. The summed E-state index contributed by atoms with van der Waals surface area (Å²) in [5, 5.41) is 0. The van der Waals surface area contributed by atoms with Crippen LogP contribution in [0.3, 0.4) is 0 Å². The molecule has 36 heavy (non-hydrogen) atoms. The zero-order chi connectivity index (χ0) is 26.1. The molecule has 2 atom stereocenters. The molecule has 4 fully saturated rings. The Morgan fingerprint density at radius 3 is 1.53 bits per heavy atom. The molecule has 0 aromatic carbocycles. The van der Waals surface area contributed by atoms with Crippen LogP contribution in [0.15, 0.2) is 12.7 Å². The third-order valence-electron chi connectivity index (χ3n) is 7.69. The Kier molecular flexibility index (Phi) is 10.1. The topological polar surface area (TPSA) is 107 Å². The van der Waals surface area contributed by atoms with Gasteiger partial charge in [0, 0.05) is 32.1 Å². The summed E-state index contributed by atoms with van der Waals surface area (Å²) < 4.78 is 33.2. The lowest BCUT2D eigenvalue weighted by atomic mass is 9.69. The minimum Gasteiger partial charge on any atom is -0.466 e. The van der Waals surface area contributed by atoms with Crippen LogP contribution in [0.1, 0.15) is 78.1 Å². The van der Waals surface area contributed by atoms with Gasteiger partial charge in [-0.3, -0.25) is 9.59 Å². The predicted molar refractivity (Wildman–Crippen MR) is 130 cm³/mol. The summed E-state index contributed by atoms with van der Waals surface area (Å²) in [7, 11) is 0. The van der Waals surface area contributed by atoms with E-state index in [4.69, 9.17) is 28.4 Å². The summed E-state index contributed by atoms with van der Waals surface area (Å²) in [4.78, 5) is 35.3. The van der Waals surface area contributed by atoms with Gasteiger partial charge in [-0.15, -0.1) is 6.58 Å². The quantitative estimate of drug-likeness (QED) is 0.273. The van der Waals surface area contributed by atoms with Gasteiger partial charge < -0.3 is 33.2 Å². The summed E-state index contributed by atoms with van der Waals surface area (Å²) in [6.07, 6.45) is 9.29. The molecule has 204 valence electrons. The van der Waals surface area contributed by atoms with E-state index in [2.05, 4.69) is 6.58 Å². The van der Waals surface area contributed by atoms with Gasteiger partial charge in [0.2, 0.25) is 0 Å². The summed E-state index contributed by atoms with van der Waals surface area (Å²) in [6.45, 7) is 10.5. The Labute approximate surface area is 214 Å². The number of carbonyl (C=O) groups is 3. The Morgan fingerprint density at radius 2 is 1.17 bits per heavy atom. The van der Waals surface area contributed by atoms with Crippen molar-refractivity contribution in [1.29, 1.82) is 0 Å². The van der Waals surface area contributed by atoms with Crippen LogP contribution in [0.5, 0.6) is 0 Å². The molecule has 4 aliphatic rings. The molecule has 9 nitrogen and oxygen atoms in total. The van der Waals surface area contributed by atoms with Gasteiger partial charge in [-0.2, -0.15) is 0 Å². The van der Waals surface area contributed by atoms with Gasteiger partial charge >= 0.3 is 11.9 Å². The van der Waals surface area contributed by atoms with Crippen molar-refractivity contribution in [1.82, 2.24) is 0 Å². The maximum absolute atomic E-state index is 12.3. The Morgan fingerprint density at radius 1 is 0.750 bits per heavy atom. The van der Waals surface area contributed by atoms with Crippen LogP contribution in [0.25, 0.3) is 0 Å². The molecular formula is C27H42O9. The number of hydrogen-bond donors (Lipinski definition) is 0. The smallest absolute Gasteiger partial charge is 0.312 e. The van der Waals surface area contributed by atoms with Gasteiger partial charge in [-0.25, -0.2) is 0 Å². The third-order valence-corrected chi connectivity index (χ3v) is 7.69. The van der Waals surface area contributed by atoms with Gasteiger partial charge in [0.15, 0.2) is 11.6 Å². The first kappa shape index (κ1) is 28.8. The fraction of sp³-hybridized carbons (Fsp3) is 0.815. The van der Waals surface area contributed by atoms with E-state index < -0.39 is 22.4 Å². The van der Waals surface area contributed by atoms with Gasteiger partial charge in [0.1, 0.15) is 6.29 Å². The first-order valence-corrected chi connectivity index (χ1v) is 13.3. The fourth-order valence-corrected chi connectivity index (χ4v) is 6.13. The monoisotopic (exact) mass is 510 g/mol. The van der Waals surface area contributed by atoms with E-state index >= 15 is 0 Å². The minimum atomic E-state index is -0.764. The standard InChI is InChI=1S/C14H22O4.C13H20O5/c1-3-6-13(12(15)16-4-2)7-5-8-14(11-13)17-9-10-18-14;1-2-16-11(15)12(6-7-14)4-3-5-13(10-12)17-8-9-18-13/h3H,1,4-11H2,2H3;7H,2-6,8-10H2,1H3. The number of rotatable bonds is 8. The first-order chi connectivity index (χ1) is 17.3. The molecule has 0 bridgehead atoms. The first-order valence-electron chi connectivity index (χ1n) is 13.3. The van der Waals surface area contributed by atoms with Gasteiger partial charge in [-0.1, -0.05) is 6.08 Å². The lowest BCUT2D eigenvalue weighted by Crippen LogP contribution is -2.47. The Balaban J connectivity index is 0.000000201. The van der Waals surface area contributed by atoms with Crippen molar-refractivity contribution in [3.8, 4) is 0 Å². The normalized spacial score (nSPS) is 30.3. The number of aldehydes is 1. The SMILES string of the molecule is C=CCC1(C(=O)OCC)CCCC2(C1)OCCO2.CCOC(=O)C1(CC=O)CCCC2(C1)OCCO2. The van der Waals surface area contributed by atoms with Crippen molar-refractivity contribution in [2.45, 2.75) is 89.6 Å². The summed E-state index contributed by atoms with van der Waals surface area (Å²) >= 11 is 0. The van der Waals surface area contributed by atoms with Crippen LogP contribution in [0.4, 0.5) is 0 Å². The molecule has 2 aliphatic carbocycles. The Bertz CT molecular complexity index is 705. The molecule has 0 amide bonds. The van der Waals surface area contributed by atoms with Gasteiger partial charge in [-0.05, 0) is 46.0 Å². The minimum absolute atomic E-state index is 0.136. The second kappa shape index (κ2) is 12.6. The maximum Gasteiger partial charge on any atom is 0.312 e. The third kappa shape index (κ3) is 6.36. The van der Waals surface area contributed by atoms with E-state index in [0.717, 1.165) is 38.4 Å². The van der Waals surface area contributed by atoms with E-state index in [1.54, 1.807) is 13.0 Å². The molecule has 9 heteroatoms. The molecule has 2 saturated carbocycles. The summed E-state index contributed by atoms with van der Waals surface area (Å²) in [6, 6.07) is 0. The van der Waals surface area contributed by atoms with Crippen LogP contribution >= 0.6 is 0 Å². The van der Waals surface area contributed by atoms with E-state index in [1.165, 1.54) is 0 Å². The van der Waals surface area contributed by atoms with Crippen LogP contribution in [-0.2, 0) is 42.8 Å². The van der Waals surface area contributed by atoms with Crippen molar-refractivity contribution in [3.05, 3.63) is 12.7 Å². The number of carbonyl (C=O) groups excluding carboxylic acids is 3. The molecular weight excluding hydrogens is 468 g/mol. The lowest BCUT2D eigenvalue weighted by molar-refractivity contribution is -0.211. The second-order valence-corrected chi connectivity index (χ2v) is 10.1. The van der Waals surface area contributed by atoms with E-state index in [1.807, 2.05) is 6.92 Å². The van der Waals surface area contributed by atoms with Gasteiger partial charge in [0.25, 0.3) is 0 Å². The van der Waals surface area contributed by atoms with Crippen LogP contribution in [0, 0.1) is 10.8 Å². The molecule has 0 N–H and O–H groups in total. The highest BCUT2D eigenvalue weighted by Gasteiger charge is 2.53. The molecule has 2 aliphatic heterocycles. The molecule has 2 saturated heterocycles. The van der Waals surface area contributed by atoms with E-state index in [-0.39, 0.29) is 18.4 Å². The highest BCUT2D eigenvalue weighted by molar-refractivity contribution is 5.80. The van der Waals surface area contributed by atoms with Crippen LogP contribution < -0.4 is 0 Å². The van der Waals surface area contributed by atoms with Crippen molar-refractivity contribution in [2.75, 3.05) is 39.6 Å². The zero-order valence-corrected chi connectivity index (χ0v) is 21.8. The molecule has 2 heterocycles. The van der Waals surface area contributed by atoms with E-state index in [0.29, 0.717) is 65.3 Å². The van der Waals surface area contributed by atoms with Crippen molar-refractivity contribution in [3.63, 3.8) is 0 Å². The maximum atomic E-state index is 12.3. The van der Waals surface area contributed by atoms with Crippen LogP contribution in [0.2, 0.25) is 0 Å². The van der Waals surface area contributed by atoms with Crippen molar-refractivity contribution in [2.24, 2.45) is 10.8 Å². The van der Waals surface area contributed by atoms with Gasteiger partial charge in [0.05, 0.1) is 50.5 Å². The summed E-state index contributed by atoms with van der Waals surface area (Å²) in [5.74, 6) is -1.67. The Hall–Kier alpha value is -1.81. The fourth-order valence-electron chi connectivity index (χ4n) is 6.13. The molecule has 2 unspecified atom stereocenters. The average molecular weight is 511 g/mol. The molecule has 0 radical (unpaired) electrons. The number of allylic oxidation sites excluding steroid dienone is 1. The lowest BCUT2D eigenvalue weighted by Gasteiger charge is -2.42. The second-order valence-electron chi connectivity index (χ2n) is 10.1. The highest BCUT2D eigenvalue weighted by Crippen LogP contribution is 2.49. The predicted octanol–water partition coefficient (Wildman–Crippen LogP) is 3.87. The van der Waals surface area contributed by atoms with Crippen molar-refractivity contribution >= 4 is 18.2 Å². The average Bonchev–Trinajstić information content (AvgIpc) is 3.50. The highest BCUT2D eigenvalue weighted by atomic mass is 16.7. The summed E-state index contributed by atoms with van der Waals surface area (Å²) in [5.41, 5.74) is -1.28. The molecule has 0 aromatic rings. The molecule has 0 aromatic heterocycles. The van der Waals surface area contributed by atoms with E-state index in [9.17, 15) is 14.4 Å².